The molecule has 77 heavy (non-hydrogen) atoms. The van der Waals surface area contributed by atoms with Crippen molar-refractivity contribution < 1.29 is 0 Å². The van der Waals surface area contributed by atoms with Gasteiger partial charge in [-0.05, 0) is 129 Å². The van der Waals surface area contributed by atoms with Crippen molar-refractivity contribution in [3.05, 3.63) is 289 Å². The summed E-state index contributed by atoms with van der Waals surface area (Å²) in [6.07, 6.45) is 0. The second kappa shape index (κ2) is 15.0. The van der Waals surface area contributed by atoms with E-state index in [2.05, 4.69) is 285 Å². The first-order chi connectivity index (χ1) is 38.2. The molecule has 1 spiro atoms. The van der Waals surface area contributed by atoms with Crippen LogP contribution in [0.15, 0.2) is 267 Å². The van der Waals surface area contributed by atoms with Crippen molar-refractivity contribution >= 4 is 87.2 Å². The molecular weight excluding hydrogens is 933 g/mol. The Labute approximate surface area is 442 Å². The summed E-state index contributed by atoms with van der Waals surface area (Å²) in [7, 11) is 0. The lowest BCUT2D eigenvalue weighted by molar-refractivity contribution is 0.795. The Morgan fingerprint density at radius 3 is 1.00 bits per heavy atom. The maximum absolute atomic E-state index is 2.60. The van der Waals surface area contributed by atoms with Crippen LogP contribution in [0.5, 0.6) is 0 Å². The summed E-state index contributed by atoms with van der Waals surface area (Å²) in [6, 6.07) is 100. The Morgan fingerprint density at radius 1 is 0.208 bits per heavy atom. The predicted molar refractivity (Wildman–Crippen MR) is 320 cm³/mol. The van der Waals surface area contributed by atoms with Gasteiger partial charge in [0, 0.05) is 60.2 Å². The molecule has 0 saturated heterocycles. The fourth-order valence-corrected chi connectivity index (χ4v) is 14.6. The maximum atomic E-state index is 2.60. The number of nitrogens with zero attached hydrogens (tertiary/aromatic N) is 4. The molecule has 4 heterocycles. The quantitative estimate of drug-likeness (QED) is 0.167. The fraction of sp³-hybridized carbons (Fsp3) is 0.0137. The van der Waals surface area contributed by atoms with E-state index in [0.717, 1.165) is 33.8 Å². The molecule has 4 heteroatoms. The van der Waals surface area contributed by atoms with E-state index in [1.54, 1.807) is 0 Å². The van der Waals surface area contributed by atoms with E-state index in [1.165, 1.54) is 121 Å². The average Bonchev–Trinajstić information content (AvgIpc) is 4.51. The first kappa shape index (κ1) is 41.2. The van der Waals surface area contributed by atoms with Gasteiger partial charge in [0.05, 0.1) is 55.2 Å². The second-order valence-electron chi connectivity index (χ2n) is 21.1. The first-order valence-corrected chi connectivity index (χ1v) is 26.8. The molecule has 16 aromatic rings. The number of para-hydroxylation sites is 6. The lowest BCUT2D eigenvalue weighted by Gasteiger charge is -2.30. The fourth-order valence-electron chi connectivity index (χ4n) is 14.6. The van der Waals surface area contributed by atoms with Crippen LogP contribution in [0.2, 0.25) is 0 Å². The second-order valence-corrected chi connectivity index (χ2v) is 21.1. The van der Waals surface area contributed by atoms with Gasteiger partial charge in [-0.3, -0.25) is 0 Å². The third-order valence-corrected chi connectivity index (χ3v) is 17.5. The summed E-state index contributed by atoms with van der Waals surface area (Å²) in [5.41, 5.74) is 23.9. The molecule has 2 aliphatic rings. The highest BCUT2D eigenvalue weighted by Gasteiger charge is 2.51. The average molecular weight is 977 g/mol. The van der Waals surface area contributed by atoms with E-state index in [-0.39, 0.29) is 0 Å². The number of rotatable bonds is 4. The van der Waals surface area contributed by atoms with E-state index in [1.807, 2.05) is 0 Å². The third kappa shape index (κ3) is 5.21. The standard InChI is InChI=1S/C73H44N4/c1-10-28-60-48(19-1)49-20-2-11-29-61(49)73(60)62-30-12-3-21-50(62)57-44-70-58(43-63(57)73)59-41-47(75-66-33-15-6-24-53(66)54-25-7-16-34-67(54)75)42-71(77-68-35-17-8-26-55(68)56-27-9-18-36-69(56)77)72(59)76(70)46-39-37-45(38-40-46)74-64-31-13-4-22-51(64)52-23-5-14-32-65(52)74/h1-44H. The molecule has 0 saturated carbocycles. The Kier molecular flexibility index (Phi) is 8.03. The minimum absolute atomic E-state index is 0.508. The maximum Gasteiger partial charge on any atom is 0.0784 e. The molecule has 0 bridgehead atoms. The Bertz CT molecular complexity index is 5020. The molecular formula is C73H44N4. The molecule has 356 valence electrons. The minimum Gasteiger partial charge on any atom is -0.309 e. The zero-order valence-electron chi connectivity index (χ0n) is 41.7. The monoisotopic (exact) mass is 976 g/mol. The van der Waals surface area contributed by atoms with Gasteiger partial charge in [-0.2, -0.15) is 0 Å². The van der Waals surface area contributed by atoms with Gasteiger partial charge in [0.15, 0.2) is 0 Å². The van der Waals surface area contributed by atoms with Crippen molar-refractivity contribution in [3.8, 4) is 45.0 Å². The van der Waals surface area contributed by atoms with Crippen molar-refractivity contribution in [2.24, 2.45) is 0 Å². The molecule has 0 amide bonds. The Hall–Kier alpha value is -10.2. The van der Waals surface area contributed by atoms with Crippen molar-refractivity contribution in [2.75, 3.05) is 0 Å². The van der Waals surface area contributed by atoms with Gasteiger partial charge < -0.3 is 18.3 Å². The van der Waals surface area contributed by atoms with Gasteiger partial charge in [0.2, 0.25) is 0 Å². The minimum atomic E-state index is -0.508. The van der Waals surface area contributed by atoms with Gasteiger partial charge in [0.25, 0.3) is 0 Å². The summed E-state index contributed by atoms with van der Waals surface area (Å²) in [5, 5.41) is 9.85. The van der Waals surface area contributed by atoms with Gasteiger partial charge in [-0.1, -0.05) is 182 Å². The Balaban J connectivity index is 1.02. The normalized spacial score (nSPS) is 13.3. The van der Waals surface area contributed by atoms with Crippen LogP contribution in [-0.2, 0) is 5.41 Å². The van der Waals surface area contributed by atoms with Crippen molar-refractivity contribution in [2.45, 2.75) is 5.41 Å². The van der Waals surface area contributed by atoms with Crippen LogP contribution in [0.4, 0.5) is 0 Å². The van der Waals surface area contributed by atoms with Crippen LogP contribution in [0, 0.1) is 0 Å². The van der Waals surface area contributed by atoms with Crippen LogP contribution in [0.3, 0.4) is 0 Å². The smallest absolute Gasteiger partial charge is 0.0784 e. The molecule has 0 atom stereocenters. The lowest BCUT2D eigenvalue weighted by atomic mass is 9.70. The molecule has 18 rings (SSSR count). The molecule has 0 aliphatic heterocycles. The molecule has 0 unspecified atom stereocenters. The Morgan fingerprint density at radius 2 is 0.558 bits per heavy atom. The van der Waals surface area contributed by atoms with Crippen molar-refractivity contribution in [1.29, 1.82) is 0 Å². The van der Waals surface area contributed by atoms with Crippen LogP contribution >= 0.6 is 0 Å². The first-order valence-electron chi connectivity index (χ1n) is 26.8. The summed E-state index contributed by atoms with van der Waals surface area (Å²) in [4.78, 5) is 0. The van der Waals surface area contributed by atoms with E-state index in [0.29, 0.717) is 0 Å². The number of aromatic nitrogens is 4. The molecule has 12 aromatic carbocycles. The highest BCUT2D eigenvalue weighted by molar-refractivity contribution is 6.18. The summed E-state index contributed by atoms with van der Waals surface area (Å²) >= 11 is 0. The lowest BCUT2D eigenvalue weighted by Crippen LogP contribution is -2.25. The predicted octanol–water partition coefficient (Wildman–Crippen LogP) is 18.4. The van der Waals surface area contributed by atoms with E-state index < -0.39 is 5.41 Å². The molecule has 2 aliphatic carbocycles. The zero-order chi connectivity index (χ0) is 50.1. The number of fused-ring (bicyclic) bond motifs is 22. The molecule has 4 nitrogen and oxygen atoms in total. The highest BCUT2D eigenvalue weighted by Crippen LogP contribution is 2.63. The van der Waals surface area contributed by atoms with E-state index >= 15 is 0 Å². The topological polar surface area (TPSA) is 19.7 Å². The van der Waals surface area contributed by atoms with E-state index in [4.69, 9.17) is 0 Å². The zero-order valence-corrected chi connectivity index (χ0v) is 41.7. The summed E-state index contributed by atoms with van der Waals surface area (Å²) in [5.74, 6) is 0. The molecule has 4 aromatic heterocycles. The van der Waals surface area contributed by atoms with Crippen LogP contribution in [0.1, 0.15) is 22.3 Å². The molecule has 0 N–H and O–H groups in total. The summed E-state index contributed by atoms with van der Waals surface area (Å²) < 4.78 is 10.0. The highest BCUT2D eigenvalue weighted by atomic mass is 15.1. The largest absolute Gasteiger partial charge is 0.309 e. The van der Waals surface area contributed by atoms with Gasteiger partial charge in [-0.25, -0.2) is 0 Å². The van der Waals surface area contributed by atoms with Crippen molar-refractivity contribution in [3.63, 3.8) is 0 Å². The van der Waals surface area contributed by atoms with Crippen LogP contribution in [-0.4, -0.2) is 18.3 Å². The number of benzene rings is 12. The van der Waals surface area contributed by atoms with Crippen LogP contribution in [0.25, 0.3) is 132 Å². The molecule has 0 fully saturated rings. The van der Waals surface area contributed by atoms with Crippen molar-refractivity contribution in [1.82, 2.24) is 18.3 Å². The number of hydrogen-bond acceptors (Lipinski definition) is 0. The summed E-state index contributed by atoms with van der Waals surface area (Å²) in [6.45, 7) is 0. The van der Waals surface area contributed by atoms with Crippen LogP contribution < -0.4 is 0 Å². The number of hydrogen-bond donors (Lipinski definition) is 0. The third-order valence-electron chi connectivity index (χ3n) is 17.5. The van der Waals surface area contributed by atoms with Gasteiger partial charge in [0.1, 0.15) is 0 Å². The SMILES string of the molecule is c1ccc2c(c1)-c1ccccc1C21c2ccccc2-c2cc3c(cc21)c1cc(-n2c4ccccc4c4ccccc42)cc(-n2c4ccccc4c4ccccc42)c1n3-c1ccc(-n2c3ccccc3c3ccccc32)cc1. The van der Waals surface area contributed by atoms with Gasteiger partial charge >= 0.3 is 0 Å². The molecule has 0 radical (unpaired) electrons. The van der Waals surface area contributed by atoms with E-state index in [9.17, 15) is 0 Å². The van der Waals surface area contributed by atoms with Gasteiger partial charge in [-0.15, -0.1) is 0 Å².